The van der Waals surface area contributed by atoms with E-state index in [-0.39, 0.29) is 5.41 Å². The van der Waals surface area contributed by atoms with Gasteiger partial charge in [0, 0.05) is 30.2 Å². The first kappa shape index (κ1) is 19.6. The molecule has 2 aromatic carbocycles. The standard InChI is InChI=1S/C24H23N3O3/c1-16-26-23(27-30-16)17-5-14-22(25-15-17)29-21-12-8-19(9-13-21)24(2,3)18-6-10-20(28-4)11-7-18/h5-15H,1-4H3. The van der Waals surface area contributed by atoms with Crippen molar-refractivity contribution in [2.24, 2.45) is 0 Å². The minimum atomic E-state index is -0.145. The molecule has 0 aliphatic heterocycles. The number of ether oxygens (including phenoxy) is 2. The molecule has 0 radical (unpaired) electrons. The lowest BCUT2D eigenvalue weighted by atomic mass is 9.78. The van der Waals surface area contributed by atoms with Gasteiger partial charge in [0.05, 0.1) is 7.11 Å². The summed E-state index contributed by atoms with van der Waals surface area (Å²) < 4.78 is 16.1. The molecule has 4 rings (SSSR count). The molecule has 0 amide bonds. The van der Waals surface area contributed by atoms with Crippen LogP contribution in [0.25, 0.3) is 11.4 Å². The van der Waals surface area contributed by atoms with E-state index >= 15 is 0 Å². The van der Waals surface area contributed by atoms with E-state index in [2.05, 4.69) is 53.2 Å². The molecule has 4 aromatic rings. The summed E-state index contributed by atoms with van der Waals surface area (Å²) in [6.07, 6.45) is 1.67. The minimum absolute atomic E-state index is 0.145. The third-order valence-corrected chi connectivity index (χ3v) is 5.13. The smallest absolute Gasteiger partial charge is 0.223 e. The number of rotatable bonds is 6. The van der Waals surface area contributed by atoms with Crippen LogP contribution in [-0.4, -0.2) is 22.2 Å². The van der Waals surface area contributed by atoms with Gasteiger partial charge in [-0.1, -0.05) is 43.3 Å². The van der Waals surface area contributed by atoms with E-state index in [0.717, 1.165) is 17.1 Å². The van der Waals surface area contributed by atoms with Gasteiger partial charge in [-0.05, 0) is 41.5 Å². The summed E-state index contributed by atoms with van der Waals surface area (Å²) >= 11 is 0. The number of hydrogen-bond acceptors (Lipinski definition) is 6. The van der Waals surface area contributed by atoms with Crippen LogP contribution >= 0.6 is 0 Å². The predicted octanol–water partition coefficient (Wildman–Crippen LogP) is 5.57. The maximum atomic E-state index is 5.89. The second-order valence-corrected chi connectivity index (χ2v) is 7.50. The number of aryl methyl sites for hydroxylation is 1. The molecule has 2 aromatic heterocycles. The summed E-state index contributed by atoms with van der Waals surface area (Å²) in [5, 5.41) is 3.89. The molecular weight excluding hydrogens is 378 g/mol. The molecule has 0 fully saturated rings. The summed E-state index contributed by atoms with van der Waals surface area (Å²) in [7, 11) is 1.67. The fourth-order valence-corrected chi connectivity index (χ4v) is 3.22. The number of hydrogen-bond donors (Lipinski definition) is 0. The summed E-state index contributed by atoms with van der Waals surface area (Å²) in [6.45, 7) is 6.15. The monoisotopic (exact) mass is 401 g/mol. The van der Waals surface area contributed by atoms with Crippen LogP contribution < -0.4 is 9.47 Å². The van der Waals surface area contributed by atoms with E-state index in [9.17, 15) is 0 Å². The Morgan fingerprint density at radius 3 is 1.97 bits per heavy atom. The van der Waals surface area contributed by atoms with Gasteiger partial charge >= 0.3 is 0 Å². The van der Waals surface area contributed by atoms with Crippen molar-refractivity contribution in [2.75, 3.05) is 7.11 Å². The highest BCUT2D eigenvalue weighted by Crippen LogP contribution is 2.34. The van der Waals surface area contributed by atoms with Gasteiger partial charge in [0.25, 0.3) is 0 Å². The molecule has 0 aliphatic carbocycles. The first-order chi connectivity index (χ1) is 14.5. The lowest BCUT2D eigenvalue weighted by Crippen LogP contribution is -2.18. The third-order valence-electron chi connectivity index (χ3n) is 5.13. The van der Waals surface area contributed by atoms with Gasteiger partial charge in [-0.25, -0.2) is 4.98 Å². The summed E-state index contributed by atoms with van der Waals surface area (Å²) in [5.41, 5.74) is 3.03. The molecule has 0 saturated carbocycles. The maximum Gasteiger partial charge on any atom is 0.223 e. The van der Waals surface area contributed by atoms with Crippen LogP contribution in [0.15, 0.2) is 71.4 Å². The van der Waals surface area contributed by atoms with Crippen molar-refractivity contribution in [3.8, 4) is 28.8 Å². The van der Waals surface area contributed by atoms with Gasteiger partial charge in [-0.3, -0.25) is 0 Å². The topological polar surface area (TPSA) is 70.3 Å². The zero-order valence-corrected chi connectivity index (χ0v) is 17.4. The average molecular weight is 401 g/mol. The van der Waals surface area contributed by atoms with Crippen LogP contribution in [0.5, 0.6) is 17.4 Å². The van der Waals surface area contributed by atoms with Crippen molar-refractivity contribution in [2.45, 2.75) is 26.2 Å². The summed E-state index contributed by atoms with van der Waals surface area (Å²) in [4.78, 5) is 8.54. The van der Waals surface area contributed by atoms with Crippen molar-refractivity contribution in [1.29, 1.82) is 0 Å². The van der Waals surface area contributed by atoms with E-state index in [0.29, 0.717) is 17.6 Å². The Kier molecular flexibility index (Phi) is 5.23. The Morgan fingerprint density at radius 1 is 0.833 bits per heavy atom. The average Bonchev–Trinajstić information content (AvgIpc) is 3.21. The number of benzene rings is 2. The van der Waals surface area contributed by atoms with Gasteiger partial charge in [0.15, 0.2) is 0 Å². The first-order valence-corrected chi connectivity index (χ1v) is 9.65. The molecule has 0 spiro atoms. The van der Waals surface area contributed by atoms with E-state index in [1.807, 2.05) is 30.3 Å². The SMILES string of the molecule is COc1ccc(C(C)(C)c2ccc(Oc3ccc(-c4noc(C)n4)cn3)cc2)cc1. The van der Waals surface area contributed by atoms with Crippen LogP contribution in [0.2, 0.25) is 0 Å². The lowest BCUT2D eigenvalue weighted by molar-refractivity contribution is 0.394. The zero-order chi connectivity index (χ0) is 21.1. The number of pyridine rings is 1. The molecule has 2 heterocycles. The van der Waals surface area contributed by atoms with Gasteiger partial charge in [-0.15, -0.1) is 0 Å². The molecule has 0 bridgehead atoms. The second kappa shape index (κ2) is 7.99. The van der Waals surface area contributed by atoms with Crippen molar-refractivity contribution < 1.29 is 14.0 Å². The number of aromatic nitrogens is 3. The van der Waals surface area contributed by atoms with Crippen molar-refractivity contribution in [3.05, 3.63) is 83.9 Å². The number of nitrogens with zero attached hydrogens (tertiary/aromatic N) is 3. The van der Waals surface area contributed by atoms with Crippen molar-refractivity contribution in [1.82, 2.24) is 15.1 Å². The molecule has 0 saturated heterocycles. The van der Waals surface area contributed by atoms with E-state index in [4.69, 9.17) is 14.0 Å². The van der Waals surface area contributed by atoms with E-state index in [1.54, 1.807) is 26.3 Å². The largest absolute Gasteiger partial charge is 0.497 e. The molecule has 30 heavy (non-hydrogen) atoms. The van der Waals surface area contributed by atoms with Crippen LogP contribution in [-0.2, 0) is 5.41 Å². The molecular formula is C24H23N3O3. The lowest BCUT2D eigenvalue weighted by Gasteiger charge is -2.26. The fraction of sp³-hybridized carbons (Fsp3) is 0.208. The van der Waals surface area contributed by atoms with Crippen LogP contribution in [0.1, 0.15) is 30.9 Å². The Balaban J connectivity index is 1.47. The van der Waals surface area contributed by atoms with Gasteiger partial charge in [0.1, 0.15) is 11.5 Å². The van der Waals surface area contributed by atoms with Gasteiger partial charge in [0.2, 0.25) is 17.6 Å². The quantitative estimate of drug-likeness (QED) is 0.421. The molecule has 0 aliphatic rings. The van der Waals surface area contributed by atoms with Gasteiger partial charge < -0.3 is 14.0 Å². The molecule has 152 valence electrons. The normalized spacial score (nSPS) is 11.3. The van der Waals surface area contributed by atoms with E-state index < -0.39 is 0 Å². The molecule has 6 nitrogen and oxygen atoms in total. The first-order valence-electron chi connectivity index (χ1n) is 9.65. The minimum Gasteiger partial charge on any atom is -0.497 e. The summed E-state index contributed by atoms with van der Waals surface area (Å²) in [6, 6.07) is 19.9. The highest BCUT2D eigenvalue weighted by atomic mass is 16.5. The van der Waals surface area contributed by atoms with Crippen LogP contribution in [0.3, 0.4) is 0 Å². The molecule has 0 atom stereocenters. The second-order valence-electron chi connectivity index (χ2n) is 7.50. The third kappa shape index (κ3) is 4.03. The van der Waals surface area contributed by atoms with Gasteiger partial charge in [-0.2, -0.15) is 4.98 Å². The predicted molar refractivity (Wildman–Crippen MR) is 114 cm³/mol. The Labute approximate surface area is 175 Å². The maximum absolute atomic E-state index is 5.89. The van der Waals surface area contributed by atoms with E-state index in [1.165, 1.54) is 11.1 Å². The molecule has 6 heteroatoms. The molecule has 0 unspecified atom stereocenters. The summed E-state index contributed by atoms with van der Waals surface area (Å²) in [5.74, 6) is 3.10. The Bertz CT molecular complexity index is 1120. The highest BCUT2D eigenvalue weighted by molar-refractivity contribution is 5.53. The number of methoxy groups -OCH3 is 1. The van der Waals surface area contributed by atoms with Crippen LogP contribution in [0.4, 0.5) is 0 Å². The Hall–Kier alpha value is -3.67. The Morgan fingerprint density at radius 2 is 1.47 bits per heavy atom. The molecule has 0 N–H and O–H groups in total. The van der Waals surface area contributed by atoms with Crippen molar-refractivity contribution in [3.63, 3.8) is 0 Å². The fourth-order valence-electron chi connectivity index (χ4n) is 3.22. The highest BCUT2D eigenvalue weighted by Gasteiger charge is 2.23. The zero-order valence-electron chi connectivity index (χ0n) is 17.4. The van der Waals surface area contributed by atoms with Crippen LogP contribution in [0, 0.1) is 6.92 Å². The van der Waals surface area contributed by atoms with Crippen molar-refractivity contribution >= 4 is 0 Å².